The standard InChI is InChI=1S/C29H60/c1-5-7-9-11-12-13-14-15-16-17-18-21-25-29(4)27-23-19-22-26-28(3)24-20-10-8-6-2/h28-29H,5-27H2,1-4H3/t28-,29+/m1/s1. The van der Waals surface area contributed by atoms with E-state index >= 15 is 0 Å². The van der Waals surface area contributed by atoms with Crippen LogP contribution < -0.4 is 0 Å². The number of unbranched alkanes of at least 4 members (excludes halogenated alkanes) is 16. The zero-order chi connectivity index (χ0) is 21.4. The van der Waals surface area contributed by atoms with E-state index in [-0.39, 0.29) is 0 Å². The van der Waals surface area contributed by atoms with Gasteiger partial charge in [0.15, 0.2) is 0 Å². The molecular formula is C29H60. The van der Waals surface area contributed by atoms with Gasteiger partial charge in [0.2, 0.25) is 0 Å². The molecule has 0 spiro atoms. The largest absolute Gasteiger partial charge is 0.0654 e. The lowest BCUT2D eigenvalue weighted by Gasteiger charge is -2.13. The van der Waals surface area contributed by atoms with Gasteiger partial charge in [0, 0.05) is 0 Å². The maximum atomic E-state index is 2.49. The molecule has 0 aliphatic heterocycles. The second-order valence-corrected chi connectivity index (χ2v) is 10.4. The van der Waals surface area contributed by atoms with Crippen LogP contribution in [-0.4, -0.2) is 0 Å². The summed E-state index contributed by atoms with van der Waals surface area (Å²) >= 11 is 0. The van der Waals surface area contributed by atoms with Gasteiger partial charge in [-0.25, -0.2) is 0 Å². The molecule has 0 aromatic heterocycles. The van der Waals surface area contributed by atoms with Gasteiger partial charge in [0.25, 0.3) is 0 Å². The summed E-state index contributed by atoms with van der Waals surface area (Å²) in [5.41, 5.74) is 0. The minimum Gasteiger partial charge on any atom is -0.0654 e. The Hall–Kier alpha value is 0. The fourth-order valence-electron chi connectivity index (χ4n) is 4.70. The van der Waals surface area contributed by atoms with Gasteiger partial charge in [0.05, 0.1) is 0 Å². The third-order valence-corrected chi connectivity index (χ3v) is 6.99. The van der Waals surface area contributed by atoms with Gasteiger partial charge < -0.3 is 0 Å². The van der Waals surface area contributed by atoms with Gasteiger partial charge in [-0.2, -0.15) is 0 Å². The molecule has 0 aliphatic carbocycles. The van der Waals surface area contributed by atoms with Gasteiger partial charge in [-0.3, -0.25) is 0 Å². The summed E-state index contributed by atoms with van der Waals surface area (Å²) in [5, 5.41) is 0. The van der Waals surface area contributed by atoms with Crippen LogP contribution >= 0.6 is 0 Å². The van der Waals surface area contributed by atoms with Crippen molar-refractivity contribution in [3.63, 3.8) is 0 Å². The van der Waals surface area contributed by atoms with E-state index in [4.69, 9.17) is 0 Å². The second-order valence-electron chi connectivity index (χ2n) is 10.4. The minimum absolute atomic E-state index is 0.963. The fraction of sp³-hybridized carbons (Fsp3) is 1.00. The van der Waals surface area contributed by atoms with E-state index < -0.39 is 0 Å². The van der Waals surface area contributed by atoms with Crippen molar-refractivity contribution in [2.75, 3.05) is 0 Å². The lowest BCUT2D eigenvalue weighted by molar-refractivity contribution is 0.408. The number of rotatable bonds is 24. The molecule has 0 bridgehead atoms. The van der Waals surface area contributed by atoms with E-state index in [0.717, 1.165) is 11.8 Å². The van der Waals surface area contributed by atoms with Gasteiger partial charge in [-0.1, -0.05) is 175 Å². The molecule has 0 saturated heterocycles. The van der Waals surface area contributed by atoms with Crippen LogP contribution in [0, 0.1) is 11.8 Å². The molecule has 0 N–H and O–H groups in total. The summed E-state index contributed by atoms with van der Waals surface area (Å²) in [6.07, 6.45) is 33.7. The van der Waals surface area contributed by atoms with Crippen LogP contribution in [0.2, 0.25) is 0 Å². The highest BCUT2D eigenvalue weighted by Crippen LogP contribution is 2.21. The van der Waals surface area contributed by atoms with Crippen molar-refractivity contribution >= 4 is 0 Å². The van der Waals surface area contributed by atoms with Crippen molar-refractivity contribution in [2.45, 2.75) is 175 Å². The highest BCUT2D eigenvalue weighted by Gasteiger charge is 2.04. The van der Waals surface area contributed by atoms with Crippen molar-refractivity contribution < 1.29 is 0 Å². The van der Waals surface area contributed by atoms with Crippen molar-refractivity contribution in [2.24, 2.45) is 11.8 Å². The normalized spacial score (nSPS) is 13.7. The van der Waals surface area contributed by atoms with Crippen LogP contribution in [0.25, 0.3) is 0 Å². The molecule has 0 amide bonds. The van der Waals surface area contributed by atoms with E-state index in [2.05, 4.69) is 27.7 Å². The quantitative estimate of drug-likeness (QED) is 0.139. The molecule has 0 unspecified atom stereocenters. The predicted octanol–water partition coefficient (Wildman–Crippen LogP) is 11.3. The van der Waals surface area contributed by atoms with Crippen LogP contribution in [0.5, 0.6) is 0 Å². The zero-order valence-corrected chi connectivity index (χ0v) is 21.4. The van der Waals surface area contributed by atoms with E-state index in [1.165, 1.54) is 148 Å². The number of hydrogen-bond acceptors (Lipinski definition) is 0. The maximum absolute atomic E-state index is 2.49. The summed E-state index contributed by atoms with van der Waals surface area (Å²) in [4.78, 5) is 0. The van der Waals surface area contributed by atoms with Crippen LogP contribution in [0.3, 0.4) is 0 Å². The predicted molar refractivity (Wildman–Crippen MR) is 136 cm³/mol. The molecular weight excluding hydrogens is 348 g/mol. The van der Waals surface area contributed by atoms with E-state index in [0.29, 0.717) is 0 Å². The molecule has 0 aliphatic rings. The van der Waals surface area contributed by atoms with Crippen LogP contribution in [0.1, 0.15) is 175 Å². The average Bonchev–Trinajstić information content (AvgIpc) is 2.71. The Bertz CT molecular complexity index is 282. The highest BCUT2D eigenvalue weighted by molar-refractivity contribution is 4.58. The Labute approximate surface area is 187 Å². The molecule has 0 aromatic rings. The van der Waals surface area contributed by atoms with Crippen LogP contribution in [0.15, 0.2) is 0 Å². The Morgan fingerprint density at radius 1 is 0.310 bits per heavy atom. The third-order valence-electron chi connectivity index (χ3n) is 6.99. The second kappa shape index (κ2) is 24.3. The summed E-state index contributed by atoms with van der Waals surface area (Å²) in [6.45, 7) is 9.58. The minimum atomic E-state index is 0.963. The fourth-order valence-corrected chi connectivity index (χ4v) is 4.70. The lowest BCUT2D eigenvalue weighted by atomic mass is 9.93. The van der Waals surface area contributed by atoms with Crippen molar-refractivity contribution in [3.05, 3.63) is 0 Å². The summed E-state index contributed by atoms with van der Waals surface area (Å²) in [5.74, 6) is 1.93. The maximum Gasteiger partial charge on any atom is -0.0443 e. The van der Waals surface area contributed by atoms with Gasteiger partial charge in [-0.15, -0.1) is 0 Å². The van der Waals surface area contributed by atoms with Crippen LogP contribution in [0.4, 0.5) is 0 Å². The Morgan fingerprint density at radius 2 is 0.517 bits per heavy atom. The van der Waals surface area contributed by atoms with E-state index in [1.54, 1.807) is 0 Å². The van der Waals surface area contributed by atoms with Gasteiger partial charge >= 0.3 is 0 Å². The molecule has 0 fully saturated rings. The molecule has 0 rings (SSSR count). The lowest BCUT2D eigenvalue weighted by Crippen LogP contribution is -1.97. The Balaban J connectivity index is 3.23. The molecule has 2 atom stereocenters. The molecule has 0 nitrogen and oxygen atoms in total. The monoisotopic (exact) mass is 408 g/mol. The van der Waals surface area contributed by atoms with E-state index in [1.807, 2.05) is 0 Å². The third kappa shape index (κ3) is 24.1. The molecule has 0 saturated carbocycles. The number of hydrogen-bond donors (Lipinski definition) is 0. The first-order chi connectivity index (χ1) is 14.2. The Morgan fingerprint density at radius 3 is 0.828 bits per heavy atom. The molecule has 29 heavy (non-hydrogen) atoms. The average molecular weight is 409 g/mol. The zero-order valence-electron chi connectivity index (χ0n) is 21.4. The molecule has 0 aromatic carbocycles. The molecule has 176 valence electrons. The molecule has 0 heteroatoms. The van der Waals surface area contributed by atoms with Crippen molar-refractivity contribution in [1.82, 2.24) is 0 Å². The molecule has 0 radical (unpaired) electrons. The summed E-state index contributed by atoms with van der Waals surface area (Å²) < 4.78 is 0. The first-order valence-corrected chi connectivity index (χ1v) is 14.2. The summed E-state index contributed by atoms with van der Waals surface area (Å²) in [6, 6.07) is 0. The smallest absolute Gasteiger partial charge is 0.0443 e. The first-order valence-electron chi connectivity index (χ1n) is 14.2. The van der Waals surface area contributed by atoms with Gasteiger partial charge in [-0.05, 0) is 11.8 Å². The highest BCUT2D eigenvalue weighted by atomic mass is 14.1. The van der Waals surface area contributed by atoms with Crippen molar-refractivity contribution in [1.29, 1.82) is 0 Å². The first kappa shape index (κ1) is 29.0. The summed E-state index contributed by atoms with van der Waals surface area (Å²) in [7, 11) is 0. The topological polar surface area (TPSA) is 0 Å². The van der Waals surface area contributed by atoms with E-state index in [9.17, 15) is 0 Å². The van der Waals surface area contributed by atoms with Crippen molar-refractivity contribution in [3.8, 4) is 0 Å². The molecule has 0 heterocycles. The van der Waals surface area contributed by atoms with Gasteiger partial charge in [0.1, 0.15) is 0 Å². The SMILES string of the molecule is CCCCCCCCCCCCCC[C@H](C)CCCCC[C@H](C)CCCCCC. The van der Waals surface area contributed by atoms with Crippen LogP contribution in [-0.2, 0) is 0 Å². The Kier molecular flexibility index (Phi) is 24.3.